The van der Waals surface area contributed by atoms with E-state index < -0.39 is 0 Å². The monoisotopic (exact) mass is 251 g/mol. The van der Waals surface area contributed by atoms with Gasteiger partial charge in [0, 0.05) is 17.7 Å². The van der Waals surface area contributed by atoms with Crippen LogP contribution in [0.1, 0.15) is 35.2 Å². The molecule has 2 aromatic carbocycles. The Morgan fingerprint density at radius 3 is 1.89 bits per heavy atom. The molecule has 0 aliphatic carbocycles. The Morgan fingerprint density at radius 1 is 0.789 bits per heavy atom. The molecule has 96 valence electrons. The van der Waals surface area contributed by atoms with Gasteiger partial charge in [-0.1, -0.05) is 60.7 Å². The molecule has 0 saturated heterocycles. The molecule has 0 aromatic heterocycles. The molecule has 2 aromatic rings. The molecule has 19 heavy (non-hydrogen) atoms. The topological polar surface area (TPSA) is 40.9 Å². The third-order valence-corrected chi connectivity index (χ3v) is 3.05. The Balaban J connectivity index is 1.81. The lowest BCUT2D eigenvalue weighted by molar-refractivity contribution is 0.0981. The summed E-state index contributed by atoms with van der Waals surface area (Å²) in [6.07, 6.45) is 1.86. The van der Waals surface area contributed by atoms with Crippen LogP contribution in [0.25, 0.3) is 0 Å². The van der Waals surface area contributed by atoms with Gasteiger partial charge in [-0.25, -0.2) is 0 Å². The standard InChI is InChI=1S/C17H17NO/c18-16(14-8-3-1-4-9-14)12-7-13-17(19)15-10-5-2-6-11-15/h1-6,8-11,18H,7,12-13H2. The Morgan fingerprint density at radius 2 is 1.32 bits per heavy atom. The van der Waals surface area contributed by atoms with E-state index in [-0.39, 0.29) is 5.78 Å². The Kier molecular flexibility index (Phi) is 4.62. The van der Waals surface area contributed by atoms with E-state index in [1.165, 1.54) is 0 Å². The van der Waals surface area contributed by atoms with Gasteiger partial charge in [0.2, 0.25) is 0 Å². The van der Waals surface area contributed by atoms with Gasteiger partial charge in [0.25, 0.3) is 0 Å². The lowest BCUT2D eigenvalue weighted by Gasteiger charge is -2.04. The van der Waals surface area contributed by atoms with Crippen molar-refractivity contribution < 1.29 is 4.79 Å². The van der Waals surface area contributed by atoms with Gasteiger partial charge in [-0.3, -0.25) is 4.79 Å². The van der Waals surface area contributed by atoms with Crippen LogP contribution in [0.15, 0.2) is 60.7 Å². The number of rotatable bonds is 6. The first-order valence-corrected chi connectivity index (χ1v) is 6.48. The lowest BCUT2D eigenvalue weighted by atomic mass is 10.0. The van der Waals surface area contributed by atoms with E-state index in [9.17, 15) is 4.79 Å². The van der Waals surface area contributed by atoms with E-state index in [2.05, 4.69) is 0 Å². The molecular weight excluding hydrogens is 234 g/mol. The number of hydrogen-bond donors (Lipinski definition) is 1. The molecule has 0 aliphatic rings. The third-order valence-electron chi connectivity index (χ3n) is 3.05. The fourth-order valence-electron chi connectivity index (χ4n) is 1.98. The molecule has 2 nitrogen and oxygen atoms in total. The predicted octanol–water partition coefficient (Wildman–Crippen LogP) is 4.11. The number of nitrogens with one attached hydrogen (secondary N) is 1. The Labute approximate surface area is 113 Å². The highest BCUT2D eigenvalue weighted by Gasteiger charge is 2.06. The van der Waals surface area contributed by atoms with E-state index >= 15 is 0 Å². The van der Waals surface area contributed by atoms with Gasteiger partial charge in [0.15, 0.2) is 5.78 Å². The van der Waals surface area contributed by atoms with Gasteiger partial charge >= 0.3 is 0 Å². The first kappa shape index (κ1) is 13.2. The molecule has 2 rings (SSSR count). The molecular formula is C17H17NO. The summed E-state index contributed by atoms with van der Waals surface area (Å²) in [5.74, 6) is 0.154. The highest BCUT2D eigenvalue weighted by atomic mass is 16.1. The second-order valence-corrected chi connectivity index (χ2v) is 4.49. The lowest BCUT2D eigenvalue weighted by Crippen LogP contribution is -2.03. The molecule has 0 aliphatic heterocycles. The van der Waals surface area contributed by atoms with Gasteiger partial charge in [-0.2, -0.15) is 0 Å². The number of carbonyl (C=O) groups excluding carboxylic acids is 1. The second kappa shape index (κ2) is 6.64. The molecule has 0 heterocycles. The smallest absolute Gasteiger partial charge is 0.162 e. The average molecular weight is 251 g/mol. The Bertz CT molecular complexity index is 494. The minimum Gasteiger partial charge on any atom is -0.305 e. The summed E-state index contributed by atoms with van der Waals surface area (Å²) in [4.78, 5) is 11.9. The molecule has 2 heteroatoms. The van der Waals surface area contributed by atoms with Crippen LogP contribution in [0, 0.1) is 5.41 Å². The number of carbonyl (C=O) groups is 1. The van der Waals surface area contributed by atoms with E-state index in [1.807, 2.05) is 60.7 Å². The third kappa shape index (κ3) is 3.88. The summed E-state index contributed by atoms with van der Waals surface area (Å²) >= 11 is 0. The number of Topliss-reactive ketones (excluding diaryl/α,β-unsaturated/α-hetero) is 1. The largest absolute Gasteiger partial charge is 0.305 e. The maximum atomic E-state index is 11.9. The van der Waals surface area contributed by atoms with Gasteiger partial charge < -0.3 is 5.41 Å². The van der Waals surface area contributed by atoms with Gasteiger partial charge in [0.05, 0.1) is 0 Å². The van der Waals surface area contributed by atoms with Crippen molar-refractivity contribution in [2.45, 2.75) is 19.3 Å². The van der Waals surface area contributed by atoms with Crippen LogP contribution in [0.3, 0.4) is 0 Å². The summed E-state index contributed by atoms with van der Waals surface area (Å²) < 4.78 is 0. The quantitative estimate of drug-likeness (QED) is 0.609. The number of ketones is 1. The highest BCUT2D eigenvalue weighted by Crippen LogP contribution is 2.10. The minimum absolute atomic E-state index is 0.154. The molecule has 0 unspecified atom stereocenters. The van der Waals surface area contributed by atoms with Crippen LogP contribution in [-0.4, -0.2) is 11.5 Å². The van der Waals surface area contributed by atoms with Gasteiger partial charge in [-0.05, 0) is 18.4 Å². The molecule has 0 amide bonds. The molecule has 0 saturated carbocycles. The number of benzene rings is 2. The normalized spacial score (nSPS) is 10.1. The zero-order valence-electron chi connectivity index (χ0n) is 10.8. The first-order valence-electron chi connectivity index (χ1n) is 6.48. The van der Waals surface area contributed by atoms with Crippen molar-refractivity contribution in [2.24, 2.45) is 0 Å². The maximum absolute atomic E-state index is 11.9. The van der Waals surface area contributed by atoms with Crippen molar-refractivity contribution in [1.82, 2.24) is 0 Å². The van der Waals surface area contributed by atoms with Crippen LogP contribution in [0.5, 0.6) is 0 Å². The van der Waals surface area contributed by atoms with Crippen LogP contribution in [0.2, 0.25) is 0 Å². The molecule has 0 fully saturated rings. The van der Waals surface area contributed by atoms with Gasteiger partial charge in [-0.15, -0.1) is 0 Å². The maximum Gasteiger partial charge on any atom is 0.162 e. The van der Waals surface area contributed by atoms with E-state index in [4.69, 9.17) is 5.41 Å². The van der Waals surface area contributed by atoms with Crippen molar-refractivity contribution in [3.63, 3.8) is 0 Å². The zero-order valence-corrected chi connectivity index (χ0v) is 10.8. The van der Waals surface area contributed by atoms with Crippen molar-refractivity contribution in [3.8, 4) is 0 Å². The van der Waals surface area contributed by atoms with E-state index in [0.717, 1.165) is 17.5 Å². The Hall–Kier alpha value is -2.22. The average Bonchev–Trinajstić information content (AvgIpc) is 2.49. The van der Waals surface area contributed by atoms with Crippen molar-refractivity contribution in [1.29, 1.82) is 5.41 Å². The fraction of sp³-hybridized carbons (Fsp3) is 0.176. The summed E-state index contributed by atoms with van der Waals surface area (Å²) in [7, 11) is 0. The fourth-order valence-corrected chi connectivity index (χ4v) is 1.98. The molecule has 0 radical (unpaired) electrons. The van der Waals surface area contributed by atoms with Crippen LogP contribution in [0.4, 0.5) is 0 Å². The van der Waals surface area contributed by atoms with Crippen molar-refractivity contribution in [2.75, 3.05) is 0 Å². The van der Waals surface area contributed by atoms with E-state index in [0.29, 0.717) is 18.6 Å². The summed E-state index contributed by atoms with van der Waals surface area (Å²) in [6.45, 7) is 0. The van der Waals surface area contributed by atoms with Gasteiger partial charge in [0.1, 0.15) is 0 Å². The van der Waals surface area contributed by atoms with E-state index in [1.54, 1.807) is 0 Å². The number of hydrogen-bond acceptors (Lipinski definition) is 2. The summed E-state index contributed by atoms with van der Waals surface area (Å²) in [5, 5.41) is 7.97. The first-order chi connectivity index (χ1) is 9.27. The minimum atomic E-state index is 0.154. The molecule has 0 bridgehead atoms. The summed E-state index contributed by atoms with van der Waals surface area (Å²) in [6, 6.07) is 19.0. The van der Waals surface area contributed by atoms with Crippen molar-refractivity contribution >= 4 is 11.5 Å². The van der Waals surface area contributed by atoms with Crippen LogP contribution >= 0.6 is 0 Å². The molecule has 0 atom stereocenters. The molecule has 1 N–H and O–H groups in total. The zero-order chi connectivity index (χ0) is 13.5. The summed E-state index contributed by atoms with van der Waals surface area (Å²) in [5.41, 5.74) is 2.30. The highest BCUT2D eigenvalue weighted by molar-refractivity contribution is 5.99. The second-order valence-electron chi connectivity index (χ2n) is 4.49. The van der Waals surface area contributed by atoms with Crippen LogP contribution < -0.4 is 0 Å². The van der Waals surface area contributed by atoms with Crippen LogP contribution in [-0.2, 0) is 0 Å². The SMILES string of the molecule is N=C(CCCC(=O)c1ccccc1)c1ccccc1. The molecule has 0 spiro atoms. The predicted molar refractivity (Wildman–Crippen MR) is 77.9 cm³/mol. The van der Waals surface area contributed by atoms with Crippen molar-refractivity contribution in [3.05, 3.63) is 71.8 Å².